The molecule has 1 atom stereocenters. The highest BCUT2D eigenvalue weighted by Crippen LogP contribution is 2.41. The van der Waals surface area contributed by atoms with Crippen molar-refractivity contribution >= 4 is 29.4 Å². The van der Waals surface area contributed by atoms with Gasteiger partial charge in [-0.15, -0.1) is 0 Å². The summed E-state index contributed by atoms with van der Waals surface area (Å²) in [5.74, 6) is -2.85. The molecular weight excluding hydrogens is 501 g/mol. The molecule has 0 radical (unpaired) electrons. The molecule has 2 aromatic carbocycles. The van der Waals surface area contributed by atoms with Gasteiger partial charge in [-0.25, -0.2) is 14.0 Å². The molecule has 9 heteroatoms. The minimum absolute atomic E-state index is 0.154. The monoisotopic (exact) mass is 533 g/mol. The maximum absolute atomic E-state index is 15.5. The molecule has 1 saturated heterocycles. The zero-order valence-electron chi connectivity index (χ0n) is 21.8. The third kappa shape index (κ3) is 6.30. The molecule has 1 amide bonds. The van der Waals surface area contributed by atoms with E-state index in [2.05, 4.69) is 0 Å². The zero-order chi connectivity index (χ0) is 27.5. The Labute approximate surface area is 221 Å². The fourth-order valence-electron chi connectivity index (χ4n) is 4.70. The van der Waals surface area contributed by atoms with Crippen LogP contribution < -0.4 is 0 Å². The number of rotatable bonds is 6. The summed E-state index contributed by atoms with van der Waals surface area (Å²) in [7, 11) is 1.14. The van der Waals surface area contributed by atoms with Gasteiger partial charge in [0.05, 0.1) is 23.8 Å². The molecule has 200 valence electrons. The second kappa shape index (κ2) is 11.2. The maximum atomic E-state index is 15.5. The molecular formula is C28H33ClFNO6. The summed E-state index contributed by atoms with van der Waals surface area (Å²) in [5, 5.41) is 12.2. The quantitative estimate of drug-likeness (QED) is 0.376. The van der Waals surface area contributed by atoms with Crippen molar-refractivity contribution in [2.24, 2.45) is 5.92 Å². The van der Waals surface area contributed by atoms with Gasteiger partial charge < -0.3 is 19.5 Å². The molecule has 7 nitrogen and oxygen atoms in total. The van der Waals surface area contributed by atoms with Crippen LogP contribution in [0, 0.1) is 11.7 Å². The molecule has 1 heterocycles. The van der Waals surface area contributed by atoms with E-state index in [-0.39, 0.29) is 29.0 Å². The Bertz CT molecular complexity index is 1170. The Balaban J connectivity index is 1.94. The van der Waals surface area contributed by atoms with Crippen molar-refractivity contribution in [2.75, 3.05) is 20.2 Å². The van der Waals surface area contributed by atoms with Crippen molar-refractivity contribution in [3.8, 4) is 0 Å². The Morgan fingerprint density at radius 3 is 2.22 bits per heavy atom. The summed E-state index contributed by atoms with van der Waals surface area (Å²) in [6.45, 7) is 7.87. The minimum atomic E-state index is -1.49. The number of esters is 1. The van der Waals surface area contributed by atoms with Crippen LogP contribution in [0.25, 0.3) is 0 Å². The number of benzene rings is 2. The van der Waals surface area contributed by atoms with Crippen molar-refractivity contribution in [3.05, 3.63) is 69.5 Å². The van der Waals surface area contributed by atoms with Crippen LogP contribution in [-0.4, -0.2) is 53.7 Å². The van der Waals surface area contributed by atoms with Gasteiger partial charge in [0.15, 0.2) is 5.78 Å². The molecule has 1 aliphatic rings. The van der Waals surface area contributed by atoms with E-state index in [9.17, 15) is 19.5 Å². The third-order valence-electron chi connectivity index (χ3n) is 6.69. The lowest BCUT2D eigenvalue weighted by molar-refractivity contribution is -0.0548. The van der Waals surface area contributed by atoms with Gasteiger partial charge >= 0.3 is 12.1 Å². The Kier molecular flexibility index (Phi) is 8.65. The Morgan fingerprint density at radius 2 is 1.70 bits per heavy atom. The summed E-state index contributed by atoms with van der Waals surface area (Å²) in [6.07, 6.45) is 0.707. The van der Waals surface area contributed by atoms with Crippen LogP contribution >= 0.6 is 11.6 Å². The average Bonchev–Trinajstić information content (AvgIpc) is 2.86. The Hall–Kier alpha value is -2.97. The number of ketones is 1. The van der Waals surface area contributed by atoms with E-state index in [1.807, 2.05) is 0 Å². The fourth-order valence-corrected chi connectivity index (χ4v) is 4.82. The van der Waals surface area contributed by atoms with Gasteiger partial charge in [-0.1, -0.05) is 18.5 Å². The van der Waals surface area contributed by atoms with Gasteiger partial charge in [-0.3, -0.25) is 4.79 Å². The van der Waals surface area contributed by atoms with E-state index in [0.717, 1.165) is 13.2 Å². The zero-order valence-corrected chi connectivity index (χ0v) is 22.5. The third-order valence-corrected chi connectivity index (χ3v) is 6.94. The molecule has 1 fully saturated rings. The van der Waals surface area contributed by atoms with Crippen molar-refractivity contribution in [2.45, 2.75) is 58.2 Å². The minimum Gasteiger partial charge on any atom is -0.465 e. The molecule has 0 saturated carbocycles. The second-order valence-electron chi connectivity index (χ2n) is 10.2. The standard InChI is InChI=1S/C28H33ClFNO6/c1-6-28(35,18-11-13-31(14-12-18)26(34)37-27(2,3)4)19-15-21(25(33)36-5)23(22(30)16-19)24(32)17-7-9-20(29)10-8-17/h7-10,15-16,18,35H,6,11-14H2,1-5H3. The number of hydrogen-bond acceptors (Lipinski definition) is 6. The average molecular weight is 534 g/mol. The number of aliphatic hydroxyl groups is 1. The molecule has 1 aliphatic heterocycles. The number of hydrogen-bond donors (Lipinski definition) is 1. The normalized spacial score (nSPS) is 16.2. The molecule has 0 aliphatic carbocycles. The van der Waals surface area contributed by atoms with Crippen LogP contribution in [0.2, 0.25) is 5.02 Å². The fraction of sp³-hybridized carbons (Fsp3) is 0.464. The van der Waals surface area contributed by atoms with Crippen LogP contribution in [0.4, 0.5) is 9.18 Å². The first-order valence-corrected chi connectivity index (χ1v) is 12.6. The lowest BCUT2D eigenvalue weighted by atomic mass is 9.73. The lowest BCUT2D eigenvalue weighted by Gasteiger charge is -2.42. The van der Waals surface area contributed by atoms with E-state index >= 15 is 4.39 Å². The predicted octanol–water partition coefficient (Wildman–Crippen LogP) is 5.74. The summed E-state index contributed by atoms with van der Waals surface area (Å²) < 4.78 is 25.8. The van der Waals surface area contributed by atoms with E-state index < -0.39 is 40.4 Å². The summed E-state index contributed by atoms with van der Waals surface area (Å²) in [6, 6.07) is 8.33. The SMILES string of the molecule is CCC(O)(c1cc(F)c(C(=O)c2ccc(Cl)cc2)c(C(=O)OC)c1)C1CCN(C(=O)OC(C)(C)C)CC1. The number of piperidine rings is 1. The second-order valence-corrected chi connectivity index (χ2v) is 10.7. The summed E-state index contributed by atoms with van der Waals surface area (Å²) >= 11 is 5.90. The molecule has 0 aromatic heterocycles. The van der Waals surface area contributed by atoms with E-state index in [1.165, 1.54) is 30.3 Å². The predicted molar refractivity (Wildman–Crippen MR) is 137 cm³/mol. The van der Waals surface area contributed by atoms with Gasteiger partial charge in [-0.05, 0) is 87.9 Å². The highest BCUT2D eigenvalue weighted by atomic mass is 35.5. The molecule has 2 aromatic rings. The van der Waals surface area contributed by atoms with Crippen molar-refractivity contribution in [1.29, 1.82) is 0 Å². The molecule has 37 heavy (non-hydrogen) atoms. The van der Waals surface area contributed by atoms with Crippen molar-refractivity contribution in [1.82, 2.24) is 4.90 Å². The molecule has 3 rings (SSSR count). The maximum Gasteiger partial charge on any atom is 0.410 e. The number of methoxy groups -OCH3 is 1. The summed E-state index contributed by atoms with van der Waals surface area (Å²) in [5.41, 5.74) is -2.49. The number of carbonyl (C=O) groups excluding carboxylic acids is 3. The number of nitrogens with zero attached hydrogens (tertiary/aromatic N) is 1. The van der Waals surface area contributed by atoms with Crippen molar-refractivity contribution < 1.29 is 33.4 Å². The highest BCUT2D eigenvalue weighted by Gasteiger charge is 2.41. The first-order chi connectivity index (χ1) is 17.3. The van der Waals surface area contributed by atoms with Crippen LogP contribution in [0.1, 0.15) is 78.8 Å². The first-order valence-electron chi connectivity index (χ1n) is 12.2. The molecule has 0 spiro atoms. The van der Waals surface area contributed by atoms with Gasteiger partial charge in [0.2, 0.25) is 0 Å². The van der Waals surface area contributed by atoms with Crippen LogP contribution in [0.15, 0.2) is 36.4 Å². The summed E-state index contributed by atoms with van der Waals surface area (Å²) in [4.78, 5) is 39.8. The highest BCUT2D eigenvalue weighted by molar-refractivity contribution is 6.30. The molecule has 0 bridgehead atoms. The van der Waals surface area contributed by atoms with Crippen LogP contribution in [0.5, 0.6) is 0 Å². The van der Waals surface area contributed by atoms with Crippen molar-refractivity contribution in [3.63, 3.8) is 0 Å². The number of ether oxygens (including phenoxy) is 2. The van der Waals surface area contributed by atoms with E-state index in [1.54, 1.807) is 32.6 Å². The van der Waals surface area contributed by atoms with Crippen LogP contribution in [-0.2, 0) is 15.1 Å². The largest absolute Gasteiger partial charge is 0.465 e. The van der Waals surface area contributed by atoms with Crippen LogP contribution in [0.3, 0.4) is 0 Å². The van der Waals surface area contributed by atoms with E-state index in [4.69, 9.17) is 21.1 Å². The molecule has 1 unspecified atom stereocenters. The van der Waals surface area contributed by atoms with Gasteiger partial charge in [-0.2, -0.15) is 0 Å². The van der Waals surface area contributed by atoms with Gasteiger partial charge in [0.1, 0.15) is 11.4 Å². The number of halogens is 2. The Morgan fingerprint density at radius 1 is 1.11 bits per heavy atom. The van der Waals surface area contributed by atoms with E-state index in [0.29, 0.717) is 31.0 Å². The molecule has 1 N–H and O–H groups in total. The van der Waals surface area contributed by atoms with Gasteiger partial charge in [0.25, 0.3) is 0 Å². The number of carbonyl (C=O) groups is 3. The smallest absolute Gasteiger partial charge is 0.410 e. The first kappa shape index (κ1) is 28.6. The topological polar surface area (TPSA) is 93.1 Å². The lowest BCUT2D eigenvalue weighted by Crippen LogP contribution is -2.46. The number of amides is 1. The van der Waals surface area contributed by atoms with Gasteiger partial charge in [0, 0.05) is 23.7 Å². The number of likely N-dealkylation sites (tertiary alicyclic amines) is 1.